The van der Waals surface area contributed by atoms with Crippen molar-refractivity contribution in [3.05, 3.63) is 27.8 Å². The van der Waals surface area contributed by atoms with Gasteiger partial charge in [0.25, 0.3) is 0 Å². The van der Waals surface area contributed by atoms with E-state index in [1.165, 1.54) is 0 Å². The molecule has 0 spiro atoms. The number of likely N-dealkylation sites (tertiary alicyclic amines) is 2. The van der Waals surface area contributed by atoms with Gasteiger partial charge in [0.1, 0.15) is 5.75 Å². The minimum atomic E-state index is -2.74. The first-order chi connectivity index (χ1) is 22.4. The Balaban J connectivity index is 2.78. The molecule has 2 unspecified atom stereocenters. The summed E-state index contributed by atoms with van der Waals surface area (Å²) in [5.74, 6) is -5.00. The zero-order valence-electron chi connectivity index (χ0n) is 34.6. The highest BCUT2D eigenvalue weighted by Crippen LogP contribution is 2.59. The first-order valence-electron chi connectivity index (χ1n) is 18.8. The third kappa shape index (κ3) is 6.66. The molecule has 1 aromatic rings. The molecule has 1 aromatic carbocycles. The maximum absolute atomic E-state index is 15.3. The number of phenolic OH excluding ortho intramolecular Hbond substituents is 1. The van der Waals surface area contributed by atoms with Crippen LogP contribution in [0.4, 0.5) is 0 Å². The summed E-state index contributed by atoms with van der Waals surface area (Å²) >= 11 is 0. The van der Waals surface area contributed by atoms with Crippen LogP contribution in [0.25, 0.3) is 0 Å². The topological polar surface area (TPSA) is 118 Å². The lowest BCUT2D eigenvalue weighted by atomic mass is 9.58. The van der Waals surface area contributed by atoms with Gasteiger partial charge in [0.2, 0.25) is 5.41 Å². The molecule has 3 rings (SSSR count). The van der Waals surface area contributed by atoms with Crippen molar-refractivity contribution >= 4 is 17.7 Å². The first-order valence-corrected chi connectivity index (χ1v) is 18.8. The number of piperidine rings is 2. The standard InChI is InChI=1S/C42H70N2O6/c1-18-19-22-42(34(47)48,35(49)50)33(46)29-27(25-20-23-38(8,9)43(16)40(25,12)13)30(36(2,3)4)28(31(32(29)45)37(5,6)7)26-21-24-39(10,11)44(17)41(26,14)15/h25-26,45H,18-24H2,1-17H3,(H,47,48)(H,49,50). The van der Waals surface area contributed by atoms with Crippen molar-refractivity contribution in [2.75, 3.05) is 14.1 Å². The number of carboxylic acid groups (broad SMARTS) is 2. The molecule has 2 heterocycles. The fraction of sp³-hybridized carbons (Fsp3) is 0.786. The van der Waals surface area contributed by atoms with Gasteiger partial charge in [-0.05, 0) is 129 Å². The summed E-state index contributed by atoms with van der Waals surface area (Å²) in [5, 5.41) is 34.4. The molecule has 50 heavy (non-hydrogen) atoms. The molecule has 0 saturated carbocycles. The van der Waals surface area contributed by atoms with Gasteiger partial charge >= 0.3 is 11.9 Å². The molecule has 2 fully saturated rings. The maximum Gasteiger partial charge on any atom is 0.329 e. The predicted molar refractivity (Wildman–Crippen MR) is 203 cm³/mol. The minimum Gasteiger partial charge on any atom is -0.507 e. The van der Waals surface area contributed by atoms with E-state index in [1.807, 2.05) is 27.7 Å². The number of carbonyl (C=O) groups is 3. The highest BCUT2D eigenvalue weighted by Gasteiger charge is 2.58. The van der Waals surface area contributed by atoms with E-state index in [0.29, 0.717) is 24.0 Å². The molecule has 0 amide bonds. The normalized spacial score (nSPS) is 24.2. The number of rotatable bonds is 9. The number of Topliss-reactive ketones (excluding diaryl/α,β-unsaturated/α-hetero) is 1. The average Bonchev–Trinajstić information content (AvgIpc) is 2.93. The van der Waals surface area contributed by atoms with Crippen LogP contribution in [-0.2, 0) is 20.4 Å². The number of aromatic hydroxyl groups is 1. The Hall–Kier alpha value is -2.45. The minimum absolute atomic E-state index is 0.0394. The van der Waals surface area contributed by atoms with Gasteiger partial charge in [-0.3, -0.25) is 24.2 Å². The monoisotopic (exact) mass is 699 g/mol. The number of unbranched alkanes of at least 4 members (excludes halogenated alkanes) is 1. The molecule has 8 nitrogen and oxygen atoms in total. The Morgan fingerprint density at radius 3 is 1.42 bits per heavy atom. The van der Waals surface area contributed by atoms with Crippen molar-refractivity contribution in [1.29, 1.82) is 0 Å². The van der Waals surface area contributed by atoms with Gasteiger partial charge < -0.3 is 15.3 Å². The lowest BCUT2D eigenvalue weighted by Gasteiger charge is -2.58. The third-order valence-electron chi connectivity index (χ3n) is 13.3. The number of likely N-dealkylation sites (N-methyl/N-ethyl adjacent to an activating group) is 2. The largest absolute Gasteiger partial charge is 0.507 e. The number of hydrogen-bond donors (Lipinski definition) is 3. The van der Waals surface area contributed by atoms with Crippen molar-refractivity contribution in [2.24, 2.45) is 5.41 Å². The van der Waals surface area contributed by atoms with Crippen LogP contribution >= 0.6 is 0 Å². The van der Waals surface area contributed by atoms with Crippen molar-refractivity contribution in [3.8, 4) is 5.75 Å². The molecule has 2 atom stereocenters. The number of aliphatic carboxylic acids is 2. The van der Waals surface area contributed by atoms with E-state index in [2.05, 4.69) is 100 Å². The van der Waals surface area contributed by atoms with Crippen LogP contribution in [-0.4, -0.2) is 79.1 Å². The third-order valence-corrected chi connectivity index (χ3v) is 13.3. The fourth-order valence-electron chi connectivity index (χ4n) is 9.60. The first kappa shape index (κ1) is 42.0. The van der Waals surface area contributed by atoms with Gasteiger partial charge in [-0.25, -0.2) is 0 Å². The summed E-state index contributed by atoms with van der Waals surface area (Å²) in [6.45, 7) is 32.1. The second-order valence-corrected chi connectivity index (χ2v) is 20.0. The zero-order valence-corrected chi connectivity index (χ0v) is 34.6. The molecule has 0 aromatic heterocycles. The number of nitrogens with zero attached hydrogens (tertiary/aromatic N) is 2. The average molecular weight is 699 g/mol. The van der Waals surface area contributed by atoms with Gasteiger partial charge in [0.15, 0.2) is 5.78 Å². The SMILES string of the molecule is CCCCC(C(=O)O)(C(=O)O)C(=O)c1c(O)c(C(C)(C)C)c(C2CCC(C)(C)N(C)C2(C)C)c(C(C)(C)C)c1C1CCC(C)(C)N(C)C1(C)C. The van der Waals surface area contributed by atoms with E-state index in [-0.39, 0.29) is 52.6 Å². The molecule has 284 valence electrons. The molecule has 0 aliphatic carbocycles. The van der Waals surface area contributed by atoms with Crippen molar-refractivity contribution in [1.82, 2.24) is 9.80 Å². The lowest BCUT2D eigenvalue weighted by Crippen LogP contribution is -2.61. The zero-order chi connectivity index (χ0) is 39.0. The van der Waals surface area contributed by atoms with Crippen LogP contribution in [0, 0.1) is 5.41 Å². The summed E-state index contributed by atoms with van der Waals surface area (Å²) in [6, 6.07) is 0. The molecule has 0 bridgehead atoms. The quantitative estimate of drug-likeness (QED) is 0.173. The molecule has 3 N–H and O–H groups in total. The van der Waals surface area contributed by atoms with Crippen molar-refractivity contribution in [2.45, 2.75) is 194 Å². The van der Waals surface area contributed by atoms with Gasteiger partial charge in [-0.15, -0.1) is 0 Å². The van der Waals surface area contributed by atoms with E-state index >= 15 is 4.79 Å². The maximum atomic E-state index is 15.3. The van der Waals surface area contributed by atoms with E-state index in [4.69, 9.17) is 0 Å². The number of phenols is 1. The van der Waals surface area contributed by atoms with Gasteiger partial charge in [0, 0.05) is 39.6 Å². The smallest absolute Gasteiger partial charge is 0.329 e. The van der Waals surface area contributed by atoms with E-state index < -0.39 is 39.5 Å². The lowest BCUT2D eigenvalue weighted by molar-refractivity contribution is -0.160. The summed E-state index contributed by atoms with van der Waals surface area (Å²) in [7, 11) is 4.26. The molecule has 0 radical (unpaired) electrons. The van der Waals surface area contributed by atoms with Crippen LogP contribution in [0.2, 0.25) is 0 Å². The molecule has 2 aliphatic heterocycles. The number of carboxylic acids is 2. The van der Waals surface area contributed by atoms with Crippen LogP contribution in [0.15, 0.2) is 0 Å². The summed E-state index contributed by atoms with van der Waals surface area (Å²) in [4.78, 5) is 46.5. The van der Waals surface area contributed by atoms with Gasteiger partial charge in [-0.2, -0.15) is 0 Å². The highest BCUT2D eigenvalue weighted by molar-refractivity contribution is 6.26. The number of hydrogen-bond acceptors (Lipinski definition) is 6. The van der Waals surface area contributed by atoms with Crippen molar-refractivity contribution < 1.29 is 29.7 Å². The van der Waals surface area contributed by atoms with Crippen LogP contribution in [0.3, 0.4) is 0 Å². The molecule has 2 saturated heterocycles. The van der Waals surface area contributed by atoms with Gasteiger partial charge in [-0.1, -0.05) is 61.3 Å². The fourth-order valence-corrected chi connectivity index (χ4v) is 9.60. The van der Waals surface area contributed by atoms with Crippen LogP contribution in [0.5, 0.6) is 5.75 Å². The summed E-state index contributed by atoms with van der Waals surface area (Å²) in [5.41, 5.74) is -2.00. The Kier molecular flexibility index (Phi) is 11.1. The van der Waals surface area contributed by atoms with Crippen LogP contribution < -0.4 is 0 Å². The second kappa shape index (κ2) is 13.2. The Bertz CT molecular complexity index is 1490. The Morgan fingerprint density at radius 2 is 1.08 bits per heavy atom. The van der Waals surface area contributed by atoms with Gasteiger partial charge in [0.05, 0.1) is 5.56 Å². The Labute approximate surface area is 303 Å². The van der Waals surface area contributed by atoms with E-state index in [9.17, 15) is 24.9 Å². The molecule has 2 aliphatic rings. The summed E-state index contributed by atoms with van der Waals surface area (Å²) in [6.07, 6.45) is 3.66. The number of ketones is 1. The second-order valence-electron chi connectivity index (χ2n) is 20.0. The Morgan fingerprint density at radius 1 is 0.700 bits per heavy atom. The number of carbonyl (C=O) groups excluding carboxylic acids is 1. The molecule has 8 heteroatoms. The highest BCUT2D eigenvalue weighted by atomic mass is 16.4. The summed E-state index contributed by atoms with van der Waals surface area (Å²) < 4.78 is 0. The van der Waals surface area contributed by atoms with Crippen LogP contribution in [0.1, 0.15) is 193 Å². The van der Waals surface area contributed by atoms with E-state index in [0.717, 1.165) is 30.4 Å². The predicted octanol–water partition coefficient (Wildman–Crippen LogP) is 9.25. The molecular weight excluding hydrogens is 628 g/mol. The molecular formula is C42H70N2O6. The van der Waals surface area contributed by atoms with Crippen molar-refractivity contribution in [3.63, 3.8) is 0 Å². The number of benzene rings is 1. The van der Waals surface area contributed by atoms with E-state index in [1.54, 1.807) is 0 Å².